The highest BCUT2D eigenvalue weighted by Gasteiger charge is 2.29. The first-order valence-corrected chi connectivity index (χ1v) is 8.50. The van der Waals surface area contributed by atoms with Crippen LogP contribution in [-0.2, 0) is 9.59 Å². The van der Waals surface area contributed by atoms with E-state index in [1.165, 1.54) is 11.0 Å². The fourth-order valence-corrected chi connectivity index (χ4v) is 3.01. The molecule has 0 radical (unpaired) electrons. The van der Waals surface area contributed by atoms with Crippen LogP contribution < -0.4 is 19.7 Å². The maximum atomic E-state index is 12.7. The Morgan fingerprint density at radius 1 is 1.15 bits per heavy atom. The van der Waals surface area contributed by atoms with Gasteiger partial charge in [0.1, 0.15) is 10.4 Å². The first-order valence-electron chi connectivity index (χ1n) is 7.71. The summed E-state index contributed by atoms with van der Waals surface area (Å²) in [6.07, 6.45) is 0. The Labute approximate surface area is 156 Å². The Bertz CT molecular complexity index is 946. The molecule has 0 unspecified atom stereocenters. The predicted octanol–water partition coefficient (Wildman–Crippen LogP) is 1.78. The molecule has 0 aliphatic carbocycles. The summed E-state index contributed by atoms with van der Waals surface area (Å²) in [6.45, 7) is -0.399. The molecule has 0 saturated carbocycles. The van der Waals surface area contributed by atoms with Crippen LogP contribution in [0.5, 0.6) is 11.5 Å². The van der Waals surface area contributed by atoms with Crippen LogP contribution in [0.15, 0.2) is 34.9 Å². The second-order valence-corrected chi connectivity index (χ2v) is 6.51. The molecule has 2 amide bonds. The molecule has 0 saturated heterocycles. The summed E-state index contributed by atoms with van der Waals surface area (Å²) < 4.78 is 11.2. The fraction of sp³-hybridized carbons (Fsp3) is 0.176. The van der Waals surface area contributed by atoms with Crippen molar-refractivity contribution in [2.24, 2.45) is 0 Å². The molecule has 4 rings (SSSR count). The molecule has 2 aliphatic heterocycles. The van der Waals surface area contributed by atoms with Crippen LogP contribution in [0.4, 0.5) is 11.5 Å². The van der Waals surface area contributed by atoms with E-state index in [1.807, 2.05) is 0 Å². The number of aromatic nitrogens is 1. The number of rotatable bonds is 3. The van der Waals surface area contributed by atoms with Gasteiger partial charge in [-0.05, 0) is 46.3 Å². The summed E-state index contributed by atoms with van der Waals surface area (Å²) in [7, 11) is 0. The summed E-state index contributed by atoms with van der Waals surface area (Å²) >= 11 is 3.25. The van der Waals surface area contributed by atoms with Gasteiger partial charge in [-0.3, -0.25) is 19.3 Å². The van der Waals surface area contributed by atoms with Crippen molar-refractivity contribution in [2.75, 3.05) is 30.0 Å². The van der Waals surface area contributed by atoms with E-state index in [1.54, 1.807) is 24.3 Å². The summed E-state index contributed by atoms with van der Waals surface area (Å²) in [6, 6.07) is 8.13. The number of ketones is 1. The van der Waals surface area contributed by atoms with E-state index < -0.39 is 0 Å². The molecule has 1 N–H and O–H groups in total. The van der Waals surface area contributed by atoms with Crippen molar-refractivity contribution in [1.29, 1.82) is 0 Å². The summed E-state index contributed by atoms with van der Waals surface area (Å²) in [5.41, 5.74) is 0.784. The van der Waals surface area contributed by atoms with Gasteiger partial charge in [0, 0.05) is 5.56 Å². The Kier molecular flexibility index (Phi) is 4.08. The lowest BCUT2D eigenvalue weighted by Gasteiger charge is -2.27. The molecule has 9 heteroatoms. The lowest BCUT2D eigenvalue weighted by molar-refractivity contribution is -0.121. The van der Waals surface area contributed by atoms with Crippen molar-refractivity contribution in [2.45, 2.75) is 0 Å². The van der Waals surface area contributed by atoms with E-state index in [2.05, 4.69) is 26.2 Å². The molecule has 0 atom stereocenters. The van der Waals surface area contributed by atoms with Crippen LogP contribution in [-0.4, -0.2) is 42.3 Å². The van der Waals surface area contributed by atoms with Gasteiger partial charge in [-0.2, -0.15) is 0 Å². The topological polar surface area (TPSA) is 97.8 Å². The quantitative estimate of drug-likeness (QED) is 0.603. The zero-order valence-corrected chi connectivity index (χ0v) is 14.9. The van der Waals surface area contributed by atoms with E-state index in [-0.39, 0.29) is 37.4 Å². The minimum absolute atomic E-state index is 0.0557. The molecule has 26 heavy (non-hydrogen) atoms. The second-order valence-electron chi connectivity index (χ2n) is 5.70. The number of fused-ring (bicyclic) bond motifs is 2. The maximum absolute atomic E-state index is 12.7. The summed E-state index contributed by atoms with van der Waals surface area (Å²) in [4.78, 5) is 41.9. The third kappa shape index (κ3) is 3.01. The number of ether oxygens (including phenoxy) is 2. The average Bonchev–Trinajstić information content (AvgIpc) is 2.63. The summed E-state index contributed by atoms with van der Waals surface area (Å²) in [5, 5.41) is 2.66. The van der Waals surface area contributed by atoms with E-state index in [0.29, 0.717) is 33.2 Å². The smallest absolute Gasteiger partial charge is 0.266 e. The van der Waals surface area contributed by atoms with E-state index in [0.717, 1.165) is 0 Å². The SMILES string of the molecule is O=C1COc2ccc(C(=O)CN3C(=O)COc4ccc(Br)nc43)cc2N1. The van der Waals surface area contributed by atoms with Crippen molar-refractivity contribution < 1.29 is 23.9 Å². The third-order valence-electron chi connectivity index (χ3n) is 3.95. The number of hydrogen-bond acceptors (Lipinski definition) is 6. The lowest BCUT2D eigenvalue weighted by atomic mass is 10.1. The maximum Gasteiger partial charge on any atom is 0.266 e. The van der Waals surface area contributed by atoms with Gasteiger partial charge in [-0.15, -0.1) is 0 Å². The minimum Gasteiger partial charge on any atom is -0.482 e. The van der Waals surface area contributed by atoms with Gasteiger partial charge in [-0.25, -0.2) is 4.98 Å². The molecular weight excluding hydrogens is 406 g/mol. The number of benzene rings is 1. The Balaban J connectivity index is 1.61. The molecule has 2 aliphatic rings. The lowest BCUT2D eigenvalue weighted by Crippen LogP contribution is -2.42. The molecule has 1 aromatic heterocycles. The molecular formula is C17H12BrN3O5. The van der Waals surface area contributed by atoms with Crippen LogP contribution in [0.1, 0.15) is 10.4 Å². The third-order valence-corrected chi connectivity index (χ3v) is 4.39. The highest BCUT2D eigenvalue weighted by atomic mass is 79.9. The molecule has 132 valence electrons. The van der Waals surface area contributed by atoms with Gasteiger partial charge in [0.05, 0.1) is 12.2 Å². The van der Waals surface area contributed by atoms with Crippen LogP contribution in [0.25, 0.3) is 0 Å². The van der Waals surface area contributed by atoms with Gasteiger partial charge in [-0.1, -0.05) is 0 Å². The first kappa shape index (κ1) is 16.5. The summed E-state index contributed by atoms with van der Waals surface area (Å²) in [5.74, 6) is 0.292. The largest absolute Gasteiger partial charge is 0.482 e. The number of nitrogens with zero attached hydrogens (tertiary/aromatic N) is 2. The van der Waals surface area contributed by atoms with Crippen molar-refractivity contribution in [3.8, 4) is 11.5 Å². The van der Waals surface area contributed by atoms with Gasteiger partial charge < -0.3 is 14.8 Å². The number of carbonyl (C=O) groups excluding carboxylic acids is 3. The molecule has 2 aromatic rings. The van der Waals surface area contributed by atoms with Crippen LogP contribution in [0.3, 0.4) is 0 Å². The zero-order valence-electron chi connectivity index (χ0n) is 13.3. The van der Waals surface area contributed by atoms with Crippen molar-refractivity contribution >= 4 is 45.0 Å². The molecule has 8 nitrogen and oxygen atoms in total. The minimum atomic E-state index is -0.356. The van der Waals surface area contributed by atoms with E-state index in [9.17, 15) is 14.4 Å². The number of Topliss-reactive ketones (excluding diaryl/α,β-unsaturated/α-hetero) is 1. The Hall–Kier alpha value is -2.94. The number of amides is 2. The number of halogens is 1. The molecule has 3 heterocycles. The van der Waals surface area contributed by atoms with Gasteiger partial charge in [0.15, 0.2) is 30.6 Å². The zero-order chi connectivity index (χ0) is 18.3. The fourth-order valence-electron chi connectivity index (χ4n) is 2.71. The van der Waals surface area contributed by atoms with Crippen molar-refractivity contribution in [3.63, 3.8) is 0 Å². The number of pyridine rings is 1. The van der Waals surface area contributed by atoms with Crippen LogP contribution >= 0.6 is 15.9 Å². The number of nitrogens with one attached hydrogen (secondary N) is 1. The molecule has 0 fully saturated rings. The van der Waals surface area contributed by atoms with Gasteiger partial charge in [0.2, 0.25) is 0 Å². The first-order chi connectivity index (χ1) is 12.5. The van der Waals surface area contributed by atoms with Gasteiger partial charge in [0.25, 0.3) is 11.8 Å². The predicted molar refractivity (Wildman–Crippen MR) is 94.7 cm³/mol. The number of anilines is 2. The average molecular weight is 418 g/mol. The van der Waals surface area contributed by atoms with E-state index in [4.69, 9.17) is 9.47 Å². The highest BCUT2D eigenvalue weighted by molar-refractivity contribution is 9.10. The normalized spacial score (nSPS) is 15.3. The number of carbonyl (C=O) groups is 3. The van der Waals surface area contributed by atoms with Crippen molar-refractivity contribution in [1.82, 2.24) is 4.98 Å². The molecule has 0 bridgehead atoms. The van der Waals surface area contributed by atoms with Crippen molar-refractivity contribution in [3.05, 3.63) is 40.5 Å². The van der Waals surface area contributed by atoms with E-state index >= 15 is 0 Å². The highest BCUT2D eigenvalue weighted by Crippen LogP contribution is 2.32. The Morgan fingerprint density at radius 2 is 1.92 bits per heavy atom. The monoisotopic (exact) mass is 417 g/mol. The van der Waals surface area contributed by atoms with Crippen LogP contribution in [0, 0.1) is 0 Å². The Morgan fingerprint density at radius 3 is 2.77 bits per heavy atom. The van der Waals surface area contributed by atoms with Crippen LogP contribution in [0.2, 0.25) is 0 Å². The molecule has 1 aromatic carbocycles. The standard InChI is InChI=1S/C17H12BrN3O5/c18-14-4-3-13-17(20-14)21(16(24)8-26-13)6-11(22)9-1-2-12-10(5-9)19-15(23)7-25-12/h1-5H,6-8H2,(H,19,23). The molecule has 0 spiro atoms. The second kappa shape index (κ2) is 6.41. The number of hydrogen-bond donors (Lipinski definition) is 1. The van der Waals surface area contributed by atoms with Gasteiger partial charge >= 0.3 is 0 Å².